The Hall–Kier alpha value is -1.56. The van der Waals surface area contributed by atoms with Crippen molar-refractivity contribution >= 4 is 11.8 Å². The molecule has 6 nitrogen and oxygen atoms in total. The van der Waals surface area contributed by atoms with Gasteiger partial charge in [0, 0.05) is 6.07 Å². The molecule has 0 bridgehead atoms. The van der Waals surface area contributed by atoms with Crippen molar-refractivity contribution in [3.8, 4) is 0 Å². The van der Waals surface area contributed by atoms with Crippen LogP contribution in [0.3, 0.4) is 0 Å². The van der Waals surface area contributed by atoms with Gasteiger partial charge in [0.15, 0.2) is 0 Å². The number of anilines is 1. The lowest BCUT2D eigenvalue weighted by atomic mass is 9.93. The fourth-order valence-electron chi connectivity index (χ4n) is 2.53. The van der Waals surface area contributed by atoms with Crippen molar-refractivity contribution in [1.82, 2.24) is 15.1 Å². The summed E-state index contributed by atoms with van der Waals surface area (Å²) in [6, 6.07) is 1.32. The van der Waals surface area contributed by atoms with Crippen LogP contribution in [0.25, 0.3) is 0 Å². The maximum atomic E-state index is 12.0. The maximum Gasteiger partial charge on any atom is 0.320 e. The van der Waals surface area contributed by atoms with Crippen molar-refractivity contribution in [2.45, 2.75) is 64.1 Å². The third kappa shape index (κ3) is 3.50. The lowest BCUT2D eigenvalue weighted by Crippen LogP contribution is -2.47. The molecular weight excluding hydrogens is 256 g/mol. The van der Waals surface area contributed by atoms with E-state index in [4.69, 9.17) is 0 Å². The van der Waals surface area contributed by atoms with Gasteiger partial charge in [-0.2, -0.15) is 5.10 Å². The minimum atomic E-state index is -0.443. The fraction of sp³-hybridized carbons (Fsp3) is 0.714. The molecule has 0 saturated heterocycles. The molecule has 2 amide bonds. The second kappa shape index (κ2) is 5.83. The number of hydrogen-bond donors (Lipinski definition) is 3. The topological polar surface area (TPSA) is 79.2 Å². The third-order valence-electron chi connectivity index (χ3n) is 3.57. The maximum absolute atomic E-state index is 12.0. The monoisotopic (exact) mass is 280 g/mol. The Balaban J connectivity index is 1.96. The molecule has 0 spiro atoms. The minimum absolute atomic E-state index is 0.158. The molecule has 1 aliphatic carbocycles. The SMILES string of the molecule is CC(C)(C)n1nccc1NC(=O)NC1CCCCC1O. The van der Waals surface area contributed by atoms with Crippen LogP contribution in [0.15, 0.2) is 12.3 Å². The number of urea groups is 1. The van der Waals surface area contributed by atoms with Crippen LogP contribution in [-0.4, -0.2) is 33.1 Å². The zero-order chi connectivity index (χ0) is 14.8. The zero-order valence-corrected chi connectivity index (χ0v) is 12.4. The molecule has 1 aliphatic rings. The highest BCUT2D eigenvalue weighted by Gasteiger charge is 2.25. The molecule has 0 aromatic carbocycles. The number of aromatic nitrogens is 2. The summed E-state index contributed by atoms with van der Waals surface area (Å²) in [6.07, 6.45) is 4.87. The van der Waals surface area contributed by atoms with Crippen LogP contribution in [0.1, 0.15) is 46.5 Å². The first kappa shape index (κ1) is 14.8. The Morgan fingerprint density at radius 1 is 1.40 bits per heavy atom. The van der Waals surface area contributed by atoms with Gasteiger partial charge in [0.05, 0.1) is 23.9 Å². The molecule has 6 heteroatoms. The number of nitrogens with zero attached hydrogens (tertiary/aromatic N) is 2. The summed E-state index contributed by atoms with van der Waals surface area (Å²) in [5, 5.41) is 19.7. The molecule has 2 unspecified atom stereocenters. The molecule has 0 aliphatic heterocycles. The molecule has 1 saturated carbocycles. The summed E-state index contributed by atoms with van der Waals surface area (Å²) in [5.74, 6) is 0.653. The van der Waals surface area contributed by atoms with Gasteiger partial charge >= 0.3 is 6.03 Å². The minimum Gasteiger partial charge on any atom is -0.391 e. The number of hydrogen-bond acceptors (Lipinski definition) is 3. The number of amides is 2. The second-order valence-electron chi connectivity index (χ2n) is 6.36. The van der Waals surface area contributed by atoms with Gasteiger partial charge in [-0.1, -0.05) is 12.8 Å². The number of carbonyl (C=O) groups excluding carboxylic acids is 1. The third-order valence-corrected chi connectivity index (χ3v) is 3.57. The Labute approximate surface area is 119 Å². The van der Waals surface area contributed by atoms with E-state index in [-0.39, 0.29) is 17.6 Å². The van der Waals surface area contributed by atoms with Crippen molar-refractivity contribution in [2.24, 2.45) is 0 Å². The van der Waals surface area contributed by atoms with Crippen LogP contribution < -0.4 is 10.6 Å². The first-order valence-electron chi connectivity index (χ1n) is 7.18. The number of aliphatic hydroxyl groups excluding tert-OH is 1. The Bertz CT molecular complexity index is 464. The average molecular weight is 280 g/mol. The predicted molar refractivity (Wildman–Crippen MR) is 77.6 cm³/mol. The number of aliphatic hydroxyl groups is 1. The van der Waals surface area contributed by atoms with Crippen molar-refractivity contribution < 1.29 is 9.90 Å². The summed E-state index contributed by atoms with van der Waals surface area (Å²) >= 11 is 0. The Kier molecular flexibility index (Phi) is 4.32. The smallest absolute Gasteiger partial charge is 0.320 e. The van der Waals surface area contributed by atoms with E-state index < -0.39 is 6.10 Å². The molecule has 1 aromatic heterocycles. The second-order valence-corrected chi connectivity index (χ2v) is 6.36. The van der Waals surface area contributed by atoms with Crippen molar-refractivity contribution in [1.29, 1.82) is 0 Å². The van der Waals surface area contributed by atoms with Crippen LogP contribution in [-0.2, 0) is 5.54 Å². The van der Waals surface area contributed by atoms with Gasteiger partial charge in [0.25, 0.3) is 0 Å². The van der Waals surface area contributed by atoms with E-state index >= 15 is 0 Å². The van der Waals surface area contributed by atoms with Gasteiger partial charge in [-0.15, -0.1) is 0 Å². The van der Waals surface area contributed by atoms with E-state index in [0.29, 0.717) is 5.82 Å². The first-order valence-corrected chi connectivity index (χ1v) is 7.18. The van der Waals surface area contributed by atoms with Gasteiger partial charge in [-0.3, -0.25) is 5.32 Å². The Morgan fingerprint density at radius 2 is 2.10 bits per heavy atom. The van der Waals surface area contributed by atoms with Gasteiger partial charge in [0.1, 0.15) is 5.82 Å². The largest absolute Gasteiger partial charge is 0.391 e. The van der Waals surface area contributed by atoms with Crippen molar-refractivity contribution in [2.75, 3.05) is 5.32 Å². The highest BCUT2D eigenvalue weighted by atomic mass is 16.3. The highest BCUT2D eigenvalue weighted by molar-refractivity contribution is 5.88. The average Bonchev–Trinajstić information content (AvgIpc) is 2.80. The number of rotatable bonds is 2. The van der Waals surface area contributed by atoms with Gasteiger partial charge < -0.3 is 10.4 Å². The van der Waals surface area contributed by atoms with E-state index in [1.807, 2.05) is 20.8 Å². The standard InChI is InChI=1S/C14H24N4O2/c1-14(2,3)18-12(8-9-15-18)17-13(20)16-10-6-4-5-7-11(10)19/h8-11,19H,4-7H2,1-3H3,(H2,16,17,20). The zero-order valence-electron chi connectivity index (χ0n) is 12.4. The molecular formula is C14H24N4O2. The molecule has 1 fully saturated rings. The molecule has 0 radical (unpaired) electrons. The van der Waals surface area contributed by atoms with E-state index in [2.05, 4.69) is 15.7 Å². The molecule has 1 heterocycles. The highest BCUT2D eigenvalue weighted by Crippen LogP contribution is 2.20. The van der Waals surface area contributed by atoms with E-state index in [0.717, 1.165) is 25.7 Å². The van der Waals surface area contributed by atoms with E-state index in [9.17, 15) is 9.90 Å². The lowest BCUT2D eigenvalue weighted by molar-refractivity contribution is 0.0955. The summed E-state index contributed by atoms with van der Waals surface area (Å²) in [4.78, 5) is 12.0. The van der Waals surface area contributed by atoms with Crippen LogP contribution in [0.4, 0.5) is 10.6 Å². The summed E-state index contributed by atoms with van der Waals surface area (Å²) in [6.45, 7) is 6.07. The lowest BCUT2D eigenvalue weighted by Gasteiger charge is -2.28. The van der Waals surface area contributed by atoms with E-state index in [1.165, 1.54) is 0 Å². The molecule has 20 heavy (non-hydrogen) atoms. The van der Waals surface area contributed by atoms with Crippen LogP contribution in [0.5, 0.6) is 0 Å². The van der Waals surface area contributed by atoms with Crippen LogP contribution in [0.2, 0.25) is 0 Å². The Morgan fingerprint density at radius 3 is 2.75 bits per heavy atom. The quantitative estimate of drug-likeness (QED) is 0.776. The molecule has 2 atom stereocenters. The summed E-state index contributed by atoms with van der Waals surface area (Å²) < 4.78 is 1.77. The summed E-state index contributed by atoms with van der Waals surface area (Å²) in [5.41, 5.74) is -0.198. The van der Waals surface area contributed by atoms with Gasteiger partial charge in [0.2, 0.25) is 0 Å². The van der Waals surface area contributed by atoms with Gasteiger partial charge in [-0.25, -0.2) is 9.48 Å². The normalized spacial score (nSPS) is 23.4. The van der Waals surface area contributed by atoms with Crippen molar-refractivity contribution in [3.05, 3.63) is 12.3 Å². The number of carbonyl (C=O) groups is 1. The molecule has 2 rings (SSSR count). The van der Waals surface area contributed by atoms with Gasteiger partial charge in [-0.05, 0) is 33.6 Å². The predicted octanol–water partition coefficient (Wildman–Crippen LogP) is 2.06. The van der Waals surface area contributed by atoms with E-state index in [1.54, 1.807) is 16.9 Å². The summed E-state index contributed by atoms with van der Waals surface area (Å²) in [7, 11) is 0. The first-order chi connectivity index (χ1) is 9.38. The molecule has 1 aromatic rings. The van der Waals surface area contributed by atoms with Crippen molar-refractivity contribution in [3.63, 3.8) is 0 Å². The molecule has 112 valence electrons. The number of nitrogens with one attached hydrogen (secondary N) is 2. The fourth-order valence-corrected chi connectivity index (χ4v) is 2.53. The van der Waals surface area contributed by atoms with Crippen LogP contribution >= 0.6 is 0 Å². The van der Waals surface area contributed by atoms with Crippen LogP contribution in [0, 0.1) is 0 Å². The molecule has 3 N–H and O–H groups in total.